The van der Waals surface area contributed by atoms with Crippen molar-refractivity contribution in [2.75, 3.05) is 32.0 Å². The van der Waals surface area contributed by atoms with E-state index in [0.717, 1.165) is 11.4 Å². The van der Waals surface area contributed by atoms with E-state index in [1.165, 1.54) is 0 Å². The van der Waals surface area contributed by atoms with Crippen LogP contribution in [0.5, 0.6) is 17.2 Å². The average Bonchev–Trinajstić information content (AvgIpc) is 2.69. The molecule has 7 nitrogen and oxygen atoms in total. The van der Waals surface area contributed by atoms with Crippen LogP contribution in [0, 0.1) is 0 Å². The van der Waals surface area contributed by atoms with Crippen LogP contribution in [-0.4, -0.2) is 31.3 Å². The van der Waals surface area contributed by atoms with E-state index >= 15 is 0 Å². The number of methoxy groups -OCH3 is 3. The Morgan fingerprint density at radius 1 is 0.889 bits per heavy atom. The molecule has 0 fully saturated rings. The minimum Gasteiger partial charge on any atom is -0.493 e. The first-order chi connectivity index (χ1) is 13.1. The van der Waals surface area contributed by atoms with Gasteiger partial charge in [-0.3, -0.25) is 0 Å². The van der Waals surface area contributed by atoms with Gasteiger partial charge in [-0.25, -0.2) is 4.98 Å². The molecule has 140 valence electrons. The standard InChI is InChI=1S/C19H19ClN4O3/c1-25-15-10-12(11-16(26-2)18(15)27-3)22-17-8-9-21-19(24-17)23-14-7-5-4-6-13(14)20/h4-11H,1-3H3,(H2,21,22,23,24). The van der Waals surface area contributed by atoms with Crippen molar-refractivity contribution in [3.63, 3.8) is 0 Å². The normalized spacial score (nSPS) is 10.2. The van der Waals surface area contributed by atoms with Gasteiger partial charge >= 0.3 is 0 Å². The van der Waals surface area contributed by atoms with Crippen LogP contribution in [0.3, 0.4) is 0 Å². The monoisotopic (exact) mass is 386 g/mol. The first-order valence-electron chi connectivity index (χ1n) is 8.06. The largest absolute Gasteiger partial charge is 0.493 e. The quantitative estimate of drug-likeness (QED) is 0.612. The molecule has 8 heteroatoms. The molecule has 3 aromatic rings. The summed E-state index contributed by atoms with van der Waals surface area (Å²) >= 11 is 6.17. The molecule has 2 N–H and O–H groups in total. The summed E-state index contributed by atoms with van der Waals surface area (Å²) in [6, 6.07) is 12.7. The lowest BCUT2D eigenvalue weighted by Gasteiger charge is -2.15. The second-order valence-electron chi connectivity index (χ2n) is 5.41. The van der Waals surface area contributed by atoms with E-state index in [-0.39, 0.29) is 0 Å². The van der Waals surface area contributed by atoms with Gasteiger partial charge < -0.3 is 24.8 Å². The van der Waals surface area contributed by atoms with Gasteiger partial charge in [0.1, 0.15) is 5.82 Å². The molecular formula is C19H19ClN4O3. The van der Waals surface area contributed by atoms with Crippen LogP contribution in [0.2, 0.25) is 5.02 Å². The minimum absolute atomic E-state index is 0.417. The lowest BCUT2D eigenvalue weighted by atomic mass is 10.2. The highest BCUT2D eigenvalue weighted by Crippen LogP contribution is 2.40. The maximum atomic E-state index is 6.17. The van der Waals surface area contributed by atoms with Crippen LogP contribution in [0.4, 0.5) is 23.1 Å². The van der Waals surface area contributed by atoms with Crippen LogP contribution in [0.25, 0.3) is 0 Å². The molecule has 0 spiro atoms. The maximum Gasteiger partial charge on any atom is 0.229 e. The summed E-state index contributed by atoms with van der Waals surface area (Å²) in [5.74, 6) is 2.62. The zero-order chi connectivity index (χ0) is 19.2. The Hall–Kier alpha value is -3.19. The Morgan fingerprint density at radius 3 is 2.22 bits per heavy atom. The van der Waals surface area contributed by atoms with Crippen molar-refractivity contribution in [2.45, 2.75) is 0 Å². The third-order valence-corrected chi connectivity index (χ3v) is 4.04. The van der Waals surface area contributed by atoms with Crippen molar-refractivity contribution in [2.24, 2.45) is 0 Å². The molecule has 27 heavy (non-hydrogen) atoms. The second kappa shape index (κ2) is 8.46. The van der Waals surface area contributed by atoms with Gasteiger partial charge in [-0.15, -0.1) is 0 Å². The number of nitrogens with one attached hydrogen (secondary N) is 2. The molecule has 0 aliphatic heterocycles. The van der Waals surface area contributed by atoms with E-state index in [0.29, 0.717) is 34.0 Å². The predicted molar refractivity (Wildman–Crippen MR) is 106 cm³/mol. The summed E-state index contributed by atoms with van der Waals surface area (Å²) in [5.41, 5.74) is 1.45. The second-order valence-corrected chi connectivity index (χ2v) is 5.82. The van der Waals surface area contributed by atoms with Gasteiger partial charge in [-0.05, 0) is 18.2 Å². The Bertz CT molecular complexity index is 911. The van der Waals surface area contributed by atoms with E-state index in [4.69, 9.17) is 25.8 Å². The summed E-state index contributed by atoms with van der Waals surface area (Å²) in [5, 5.41) is 6.89. The average molecular weight is 387 g/mol. The third kappa shape index (κ3) is 4.32. The highest BCUT2D eigenvalue weighted by Gasteiger charge is 2.13. The molecule has 0 amide bonds. The van der Waals surface area contributed by atoms with Crippen molar-refractivity contribution < 1.29 is 14.2 Å². The molecular weight excluding hydrogens is 368 g/mol. The maximum absolute atomic E-state index is 6.17. The summed E-state index contributed by atoms with van der Waals surface area (Å²) < 4.78 is 16.1. The first kappa shape index (κ1) is 18.6. The number of para-hydroxylation sites is 1. The molecule has 1 aromatic heterocycles. The summed E-state index contributed by atoms with van der Waals surface area (Å²) in [7, 11) is 4.69. The Morgan fingerprint density at radius 2 is 1.59 bits per heavy atom. The van der Waals surface area contributed by atoms with Crippen LogP contribution >= 0.6 is 11.6 Å². The highest BCUT2D eigenvalue weighted by atomic mass is 35.5. The lowest BCUT2D eigenvalue weighted by Crippen LogP contribution is -2.02. The van der Waals surface area contributed by atoms with Crippen molar-refractivity contribution in [1.82, 2.24) is 9.97 Å². The van der Waals surface area contributed by atoms with E-state index < -0.39 is 0 Å². The zero-order valence-electron chi connectivity index (χ0n) is 15.1. The fourth-order valence-corrected chi connectivity index (χ4v) is 2.66. The number of benzene rings is 2. The molecule has 0 bridgehead atoms. The van der Waals surface area contributed by atoms with Gasteiger partial charge in [0.15, 0.2) is 11.5 Å². The molecule has 0 saturated heterocycles. The third-order valence-electron chi connectivity index (χ3n) is 3.71. The van der Waals surface area contributed by atoms with E-state index in [2.05, 4.69) is 20.6 Å². The van der Waals surface area contributed by atoms with E-state index in [9.17, 15) is 0 Å². The predicted octanol–water partition coefficient (Wildman–Crippen LogP) is 4.64. The Labute approximate surface area is 162 Å². The fourth-order valence-electron chi connectivity index (χ4n) is 2.47. The lowest BCUT2D eigenvalue weighted by molar-refractivity contribution is 0.324. The first-order valence-corrected chi connectivity index (χ1v) is 8.44. The molecule has 0 aliphatic carbocycles. The molecule has 0 radical (unpaired) electrons. The number of anilines is 4. The number of nitrogens with zero attached hydrogens (tertiary/aromatic N) is 2. The minimum atomic E-state index is 0.417. The van der Waals surface area contributed by atoms with Gasteiger partial charge in [-0.1, -0.05) is 23.7 Å². The van der Waals surface area contributed by atoms with Crippen molar-refractivity contribution in [1.29, 1.82) is 0 Å². The summed E-state index contributed by atoms with van der Waals surface area (Å²) in [6.07, 6.45) is 1.65. The van der Waals surface area contributed by atoms with Gasteiger partial charge in [0.25, 0.3) is 0 Å². The number of ether oxygens (including phenoxy) is 3. The van der Waals surface area contributed by atoms with Crippen molar-refractivity contribution in [3.05, 3.63) is 53.7 Å². The SMILES string of the molecule is COc1cc(Nc2ccnc(Nc3ccccc3Cl)n2)cc(OC)c1OC. The molecule has 0 atom stereocenters. The van der Waals surface area contributed by atoms with Crippen molar-refractivity contribution in [3.8, 4) is 17.2 Å². The fraction of sp³-hybridized carbons (Fsp3) is 0.158. The van der Waals surface area contributed by atoms with Crippen LogP contribution in [0.1, 0.15) is 0 Å². The number of hydrogen-bond donors (Lipinski definition) is 2. The summed E-state index contributed by atoms with van der Waals surface area (Å²) in [4.78, 5) is 8.68. The molecule has 2 aromatic carbocycles. The molecule has 0 unspecified atom stereocenters. The molecule has 0 aliphatic rings. The van der Waals surface area contributed by atoms with Gasteiger partial charge in [0, 0.05) is 24.0 Å². The molecule has 1 heterocycles. The smallest absolute Gasteiger partial charge is 0.229 e. The topological polar surface area (TPSA) is 77.5 Å². The number of hydrogen-bond acceptors (Lipinski definition) is 7. The Balaban J connectivity index is 1.85. The zero-order valence-corrected chi connectivity index (χ0v) is 15.9. The van der Waals surface area contributed by atoms with E-state index in [1.807, 2.05) is 18.2 Å². The van der Waals surface area contributed by atoms with Gasteiger partial charge in [-0.2, -0.15) is 4.98 Å². The number of halogens is 1. The Kier molecular flexibility index (Phi) is 5.83. The number of rotatable bonds is 7. The van der Waals surface area contributed by atoms with Crippen molar-refractivity contribution >= 4 is 34.7 Å². The van der Waals surface area contributed by atoms with Crippen LogP contribution < -0.4 is 24.8 Å². The molecule has 0 saturated carbocycles. The molecule has 3 rings (SSSR count). The van der Waals surface area contributed by atoms with E-state index in [1.54, 1.807) is 51.8 Å². The van der Waals surface area contributed by atoms with Crippen LogP contribution in [0.15, 0.2) is 48.7 Å². The highest BCUT2D eigenvalue weighted by molar-refractivity contribution is 6.33. The van der Waals surface area contributed by atoms with Gasteiger partial charge in [0.2, 0.25) is 11.7 Å². The van der Waals surface area contributed by atoms with Crippen LogP contribution in [-0.2, 0) is 0 Å². The number of aromatic nitrogens is 2. The van der Waals surface area contributed by atoms with Gasteiger partial charge in [0.05, 0.1) is 32.0 Å². The summed E-state index contributed by atoms with van der Waals surface area (Å²) in [6.45, 7) is 0.